The maximum Gasteiger partial charge on any atom is 0.415 e. The number of alkyl halides is 5. The van der Waals surface area contributed by atoms with Gasteiger partial charge in [0.2, 0.25) is 5.91 Å². The molecule has 0 radical (unpaired) electrons. The fourth-order valence-electron chi connectivity index (χ4n) is 2.82. The van der Waals surface area contributed by atoms with Crippen LogP contribution in [0.25, 0.3) is 0 Å². The SMILES string of the molecule is C=C(CCNC(=O)COC1CCC(Cl)C(Cl)C1)NC(=O)C1CNC(C(F)(F)F)SO1. The molecule has 2 rings (SSSR count). The van der Waals surface area contributed by atoms with Gasteiger partial charge in [0.25, 0.3) is 5.91 Å². The lowest BCUT2D eigenvalue weighted by molar-refractivity contribution is -0.142. The minimum Gasteiger partial charge on any atom is -0.368 e. The van der Waals surface area contributed by atoms with Crippen molar-refractivity contribution >= 4 is 47.1 Å². The van der Waals surface area contributed by atoms with Crippen LogP contribution in [0.4, 0.5) is 13.2 Å². The molecule has 0 spiro atoms. The van der Waals surface area contributed by atoms with E-state index in [0.717, 1.165) is 12.8 Å². The topological polar surface area (TPSA) is 88.7 Å². The first kappa shape index (κ1) is 25.5. The summed E-state index contributed by atoms with van der Waals surface area (Å²) in [4.78, 5) is 23.9. The summed E-state index contributed by atoms with van der Waals surface area (Å²) in [7, 11) is 0. The fourth-order valence-corrected chi connectivity index (χ4v) is 4.05. The second-order valence-corrected chi connectivity index (χ2v) is 8.96. The molecule has 1 aliphatic heterocycles. The Morgan fingerprint density at radius 1 is 1.27 bits per heavy atom. The molecule has 0 aromatic heterocycles. The highest BCUT2D eigenvalue weighted by atomic mass is 35.5. The van der Waals surface area contributed by atoms with Gasteiger partial charge in [-0.3, -0.25) is 19.1 Å². The second-order valence-electron chi connectivity index (χ2n) is 6.98. The van der Waals surface area contributed by atoms with E-state index in [-0.39, 0.29) is 60.9 Å². The Balaban J connectivity index is 1.57. The minimum absolute atomic E-state index is 0.0824. The number of halogens is 5. The summed E-state index contributed by atoms with van der Waals surface area (Å²) in [5.41, 5.74) is 0.304. The van der Waals surface area contributed by atoms with Crippen molar-refractivity contribution in [1.82, 2.24) is 16.0 Å². The molecule has 5 atom stereocenters. The van der Waals surface area contributed by atoms with Crippen molar-refractivity contribution < 1.29 is 31.7 Å². The third-order valence-electron chi connectivity index (χ3n) is 4.49. The number of carbonyl (C=O) groups excluding carboxylic acids is 2. The van der Waals surface area contributed by atoms with Crippen molar-refractivity contribution in [2.24, 2.45) is 0 Å². The standard InChI is InChI=1S/C17H24Cl2F3N3O4S/c1-9(25-15(27)13-7-24-16(30-29-13)17(20,21)22)4-5-23-14(26)8-28-10-2-3-11(18)12(19)6-10/h10-13,16,24H,1-8H2,(H,23,26)(H,25,27). The average Bonchev–Trinajstić information content (AvgIpc) is 2.68. The Bertz CT molecular complexity index is 622. The van der Waals surface area contributed by atoms with E-state index in [1.165, 1.54) is 0 Å². The number of hydrogen-bond donors (Lipinski definition) is 3. The van der Waals surface area contributed by atoms with Crippen molar-refractivity contribution in [3.05, 3.63) is 12.3 Å². The van der Waals surface area contributed by atoms with Gasteiger partial charge in [0.05, 0.1) is 16.9 Å². The lowest BCUT2D eigenvalue weighted by Gasteiger charge is -2.29. The molecule has 2 amide bonds. The van der Waals surface area contributed by atoms with Gasteiger partial charge in [0.1, 0.15) is 6.61 Å². The summed E-state index contributed by atoms with van der Waals surface area (Å²) in [6.07, 6.45) is -3.34. The number of nitrogens with one attached hydrogen (secondary N) is 3. The molecule has 1 aliphatic carbocycles. The molecule has 2 aliphatic rings. The summed E-state index contributed by atoms with van der Waals surface area (Å²) in [6, 6.07) is 0. The van der Waals surface area contributed by atoms with Gasteiger partial charge < -0.3 is 15.4 Å². The largest absolute Gasteiger partial charge is 0.415 e. The van der Waals surface area contributed by atoms with Gasteiger partial charge in [-0.1, -0.05) is 6.58 Å². The third kappa shape index (κ3) is 8.43. The molecule has 3 N–H and O–H groups in total. The van der Waals surface area contributed by atoms with Crippen LogP contribution in [0, 0.1) is 0 Å². The summed E-state index contributed by atoms with van der Waals surface area (Å²) < 4.78 is 48.1. The first-order valence-electron chi connectivity index (χ1n) is 9.33. The van der Waals surface area contributed by atoms with E-state index in [4.69, 9.17) is 32.1 Å². The van der Waals surface area contributed by atoms with Crippen LogP contribution < -0.4 is 16.0 Å². The summed E-state index contributed by atoms with van der Waals surface area (Å²) >= 11 is 12.3. The van der Waals surface area contributed by atoms with E-state index in [1.54, 1.807) is 0 Å². The van der Waals surface area contributed by atoms with Crippen LogP contribution in [-0.2, 0) is 18.5 Å². The quantitative estimate of drug-likeness (QED) is 0.355. The lowest BCUT2D eigenvalue weighted by Crippen LogP contribution is -2.52. The molecule has 1 saturated carbocycles. The number of ether oxygens (including phenoxy) is 1. The first-order chi connectivity index (χ1) is 14.1. The molecular weight excluding hydrogens is 470 g/mol. The molecule has 1 saturated heterocycles. The Hall–Kier alpha value is -0.720. The van der Waals surface area contributed by atoms with E-state index >= 15 is 0 Å². The minimum atomic E-state index is -4.47. The van der Waals surface area contributed by atoms with Crippen molar-refractivity contribution in [2.45, 2.75) is 60.2 Å². The molecule has 1 heterocycles. The van der Waals surface area contributed by atoms with E-state index in [0.29, 0.717) is 12.1 Å². The van der Waals surface area contributed by atoms with Crippen molar-refractivity contribution in [2.75, 3.05) is 19.7 Å². The smallest absolute Gasteiger partial charge is 0.368 e. The first-order valence-corrected chi connectivity index (χ1v) is 11.0. The molecule has 0 bridgehead atoms. The van der Waals surface area contributed by atoms with E-state index < -0.39 is 23.6 Å². The van der Waals surface area contributed by atoms with Crippen LogP contribution in [0.5, 0.6) is 0 Å². The summed E-state index contributed by atoms with van der Waals surface area (Å²) in [5, 5.41) is 5.18. The number of rotatable bonds is 8. The molecular formula is C17H24Cl2F3N3O4S. The highest BCUT2D eigenvalue weighted by Crippen LogP contribution is 2.32. The molecule has 2 fully saturated rings. The lowest BCUT2D eigenvalue weighted by atomic mass is 9.97. The van der Waals surface area contributed by atoms with Crippen LogP contribution in [0.3, 0.4) is 0 Å². The molecule has 30 heavy (non-hydrogen) atoms. The molecule has 7 nitrogen and oxygen atoms in total. The predicted molar refractivity (Wildman–Crippen MR) is 108 cm³/mol. The van der Waals surface area contributed by atoms with Gasteiger partial charge in [-0.25, -0.2) is 0 Å². The highest BCUT2D eigenvalue weighted by Gasteiger charge is 2.44. The molecule has 0 aromatic carbocycles. The molecule has 0 aromatic rings. The number of carbonyl (C=O) groups is 2. The third-order valence-corrected chi connectivity index (χ3v) is 6.59. The van der Waals surface area contributed by atoms with Crippen LogP contribution in [0.15, 0.2) is 12.3 Å². The van der Waals surface area contributed by atoms with Crippen LogP contribution in [0.2, 0.25) is 0 Å². The van der Waals surface area contributed by atoms with Crippen LogP contribution in [-0.4, -0.2) is 66.0 Å². The van der Waals surface area contributed by atoms with E-state index in [1.807, 2.05) is 0 Å². The van der Waals surface area contributed by atoms with Crippen molar-refractivity contribution in [3.8, 4) is 0 Å². The van der Waals surface area contributed by atoms with Crippen LogP contribution >= 0.6 is 35.2 Å². The van der Waals surface area contributed by atoms with E-state index in [2.05, 4.69) is 22.5 Å². The highest BCUT2D eigenvalue weighted by molar-refractivity contribution is 7.95. The Kier molecular flexibility index (Phi) is 10.0. The second kappa shape index (κ2) is 11.8. The van der Waals surface area contributed by atoms with Crippen molar-refractivity contribution in [3.63, 3.8) is 0 Å². The van der Waals surface area contributed by atoms with E-state index in [9.17, 15) is 22.8 Å². The molecule has 13 heteroatoms. The zero-order valence-electron chi connectivity index (χ0n) is 16.0. The molecule has 5 unspecified atom stereocenters. The summed E-state index contributed by atoms with van der Waals surface area (Å²) in [5.74, 6) is -0.927. The summed E-state index contributed by atoms with van der Waals surface area (Å²) in [6.45, 7) is 3.49. The fraction of sp³-hybridized carbons (Fsp3) is 0.765. The van der Waals surface area contributed by atoms with Crippen molar-refractivity contribution in [1.29, 1.82) is 0 Å². The normalized spacial score (nSPS) is 29.8. The van der Waals surface area contributed by atoms with Gasteiger partial charge in [-0.05, 0) is 19.3 Å². The van der Waals surface area contributed by atoms with Gasteiger partial charge in [-0.2, -0.15) is 13.2 Å². The number of amides is 2. The number of hydrogen-bond acceptors (Lipinski definition) is 6. The Morgan fingerprint density at radius 2 is 2.00 bits per heavy atom. The van der Waals surface area contributed by atoms with Gasteiger partial charge in [0, 0.05) is 37.3 Å². The van der Waals surface area contributed by atoms with Gasteiger partial charge in [-0.15, -0.1) is 23.2 Å². The van der Waals surface area contributed by atoms with Gasteiger partial charge >= 0.3 is 6.18 Å². The Labute approximate surface area is 187 Å². The zero-order valence-corrected chi connectivity index (χ0v) is 18.3. The zero-order chi connectivity index (χ0) is 22.3. The average molecular weight is 494 g/mol. The maximum absolute atomic E-state index is 12.5. The molecule has 172 valence electrons. The Morgan fingerprint density at radius 3 is 2.60 bits per heavy atom. The predicted octanol–water partition coefficient (Wildman–Crippen LogP) is 2.43. The monoisotopic (exact) mass is 493 g/mol. The van der Waals surface area contributed by atoms with Gasteiger partial charge in [0.15, 0.2) is 11.5 Å². The van der Waals surface area contributed by atoms with Crippen LogP contribution in [0.1, 0.15) is 25.7 Å². The maximum atomic E-state index is 12.5.